The Morgan fingerprint density at radius 2 is 1.03 bits per heavy atom. The summed E-state index contributed by atoms with van der Waals surface area (Å²) < 4.78 is 0. The van der Waals surface area contributed by atoms with E-state index < -0.39 is 0 Å². The predicted molar refractivity (Wildman–Crippen MR) is 122 cm³/mol. The lowest BCUT2D eigenvalue weighted by Gasteiger charge is -2.09. The van der Waals surface area contributed by atoms with Crippen LogP contribution in [0.2, 0.25) is 20.1 Å². The summed E-state index contributed by atoms with van der Waals surface area (Å²) in [6, 6.07) is 17.0. The lowest BCUT2D eigenvalue weighted by Crippen LogP contribution is -2.24. The smallest absolute Gasteiger partial charge is 0.251 e. The summed E-state index contributed by atoms with van der Waals surface area (Å²) in [5, 5.41) is 7.10. The second-order valence-corrected chi connectivity index (χ2v) is 8.07. The predicted octanol–water partition coefficient (Wildman–Crippen LogP) is 6.16. The van der Waals surface area contributed by atoms with Crippen molar-refractivity contribution in [2.45, 2.75) is 13.1 Å². The van der Waals surface area contributed by atoms with E-state index >= 15 is 0 Å². The van der Waals surface area contributed by atoms with Crippen LogP contribution in [0.15, 0.2) is 60.7 Å². The molecule has 0 aliphatic rings. The number of rotatable bonds is 6. The van der Waals surface area contributed by atoms with Crippen LogP contribution >= 0.6 is 46.4 Å². The fourth-order valence-corrected chi connectivity index (χ4v) is 3.29. The lowest BCUT2D eigenvalue weighted by molar-refractivity contribution is 0.0943. The zero-order valence-electron chi connectivity index (χ0n) is 15.5. The Bertz CT molecular complexity index is 1020. The zero-order chi connectivity index (χ0) is 21.7. The van der Waals surface area contributed by atoms with Crippen LogP contribution in [0.5, 0.6) is 0 Å². The van der Waals surface area contributed by atoms with Gasteiger partial charge < -0.3 is 10.6 Å². The number of hydrogen-bond donors (Lipinski definition) is 2. The number of nitrogens with one attached hydrogen (secondary N) is 2. The van der Waals surface area contributed by atoms with Gasteiger partial charge in [-0.25, -0.2) is 0 Å². The van der Waals surface area contributed by atoms with Crippen molar-refractivity contribution in [3.8, 4) is 0 Å². The highest BCUT2D eigenvalue weighted by Gasteiger charge is 2.10. The average Bonchev–Trinajstić information content (AvgIpc) is 2.74. The quantitative estimate of drug-likeness (QED) is 0.442. The Balaban J connectivity index is 1.57. The molecule has 3 aromatic carbocycles. The van der Waals surface area contributed by atoms with Crippen LogP contribution in [0.4, 0.5) is 0 Å². The molecule has 3 rings (SSSR count). The number of carbonyl (C=O) groups is 2. The molecule has 4 nitrogen and oxygen atoms in total. The van der Waals surface area contributed by atoms with Crippen molar-refractivity contribution < 1.29 is 9.59 Å². The van der Waals surface area contributed by atoms with Gasteiger partial charge in [-0.2, -0.15) is 0 Å². The Morgan fingerprint density at radius 3 is 1.43 bits per heavy atom. The second-order valence-electron chi connectivity index (χ2n) is 6.44. The van der Waals surface area contributed by atoms with Crippen LogP contribution in [0.3, 0.4) is 0 Å². The van der Waals surface area contributed by atoms with Crippen molar-refractivity contribution in [2.75, 3.05) is 0 Å². The first-order chi connectivity index (χ1) is 14.3. The van der Waals surface area contributed by atoms with E-state index in [1.165, 1.54) is 12.1 Å². The van der Waals surface area contributed by atoms with E-state index in [9.17, 15) is 9.59 Å². The molecule has 0 spiro atoms. The van der Waals surface area contributed by atoms with Gasteiger partial charge in [0, 0.05) is 24.2 Å². The summed E-state index contributed by atoms with van der Waals surface area (Å²) in [5.41, 5.74) is 2.64. The summed E-state index contributed by atoms with van der Waals surface area (Å²) >= 11 is 23.7. The minimum absolute atomic E-state index is 0.258. The minimum atomic E-state index is -0.258. The molecule has 0 aliphatic carbocycles. The lowest BCUT2D eigenvalue weighted by atomic mass is 10.1. The molecular weight excluding hydrogens is 466 g/mol. The molecule has 154 valence electrons. The van der Waals surface area contributed by atoms with E-state index in [-0.39, 0.29) is 11.8 Å². The van der Waals surface area contributed by atoms with E-state index in [0.29, 0.717) is 44.3 Å². The molecule has 8 heteroatoms. The van der Waals surface area contributed by atoms with Gasteiger partial charge in [0.15, 0.2) is 0 Å². The largest absolute Gasteiger partial charge is 0.348 e. The van der Waals surface area contributed by atoms with Crippen LogP contribution in [0, 0.1) is 0 Å². The molecule has 0 aromatic heterocycles. The van der Waals surface area contributed by atoms with Crippen LogP contribution < -0.4 is 10.6 Å². The average molecular weight is 482 g/mol. The molecule has 0 aliphatic heterocycles. The number of halogens is 4. The third-order valence-electron chi connectivity index (χ3n) is 4.26. The third-order valence-corrected chi connectivity index (χ3v) is 5.74. The number of hydrogen-bond acceptors (Lipinski definition) is 2. The van der Waals surface area contributed by atoms with Crippen molar-refractivity contribution in [3.05, 3.63) is 103 Å². The highest BCUT2D eigenvalue weighted by atomic mass is 35.5. The molecule has 0 bridgehead atoms. The molecule has 0 saturated heterocycles. The third kappa shape index (κ3) is 5.89. The van der Waals surface area contributed by atoms with Crippen LogP contribution in [0.25, 0.3) is 0 Å². The molecule has 30 heavy (non-hydrogen) atoms. The standard InChI is InChI=1S/C22H16Cl4N2O2/c23-17-6-4-15(9-19(17)25)21(29)27-11-13-2-1-3-14(8-13)12-28-22(30)16-5-7-18(24)20(26)10-16/h1-10H,11-12H2,(H,27,29)(H,28,30). The maximum absolute atomic E-state index is 12.3. The SMILES string of the molecule is O=C(NCc1cccc(CNC(=O)c2ccc(Cl)c(Cl)c2)c1)c1ccc(Cl)c(Cl)c1. The fourth-order valence-electron chi connectivity index (χ4n) is 2.69. The Kier molecular flexibility index (Phi) is 7.62. The molecule has 0 saturated carbocycles. The number of benzene rings is 3. The Morgan fingerprint density at radius 1 is 0.600 bits per heavy atom. The normalized spacial score (nSPS) is 10.5. The van der Waals surface area contributed by atoms with Crippen molar-refractivity contribution in [2.24, 2.45) is 0 Å². The van der Waals surface area contributed by atoms with Gasteiger partial charge in [0.25, 0.3) is 11.8 Å². The molecule has 0 atom stereocenters. The van der Waals surface area contributed by atoms with Crippen molar-refractivity contribution in [1.82, 2.24) is 10.6 Å². The van der Waals surface area contributed by atoms with Crippen LogP contribution in [-0.4, -0.2) is 11.8 Å². The molecular formula is C22H16Cl4N2O2. The van der Waals surface area contributed by atoms with E-state index in [2.05, 4.69) is 10.6 Å². The zero-order valence-corrected chi connectivity index (χ0v) is 18.5. The molecule has 0 fully saturated rings. The molecule has 0 radical (unpaired) electrons. The van der Waals surface area contributed by atoms with E-state index in [1.807, 2.05) is 24.3 Å². The first-order valence-electron chi connectivity index (χ1n) is 8.88. The summed E-state index contributed by atoms with van der Waals surface area (Å²) in [6.45, 7) is 0.654. The Hall–Kier alpha value is -2.24. The van der Waals surface area contributed by atoms with Crippen LogP contribution in [0.1, 0.15) is 31.8 Å². The van der Waals surface area contributed by atoms with Gasteiger partial charge in [0.05, 0.1) is 20.1 Å². The van der Waals surface area contributed by atoms with Crippen molar-refractivity contribution >= 4 is 58.2 Å². The highest BCUT2D eigenvalue weighted by Crippen LogP contribution is 2.23. The summed E-state index contributed by atoms with van der Waals surface area (Å²) in [4.78, 5) is 24.6. The first-order valence-corrected chi connectivity index (χ1v) is 10.4. The van der Waals surface area contributed by atoms with Gasteiger partial charge in [-0.3, -0.25) is 9.59 Å². The highest BCUT2D eigenvalue weighted by molar-refractivity contribution is 6.42. The Labute approximate surface area is 194 Å². The monoisotopic (exact) mass is 480 g/mol. The van der Waals surface area contributed by atoms with Gasteiger partial charge in [-0.1, -0.05) is 70.7 Å². The summed E-state index contributed by atoms with van der Waals surface area (Å²) in [5.74, 6) is -0.515. The molecule has 2 amide bonds. The fraction of sp³-hybridized carbons (Fsp3) is 0.0909. The second kappa shape index (κ2) is 10.2. The maximum atomic E-state index is 12.3. The van der Waals surface area contributed by atoms with Crippen molar-refractivity contribution in [1.29, 1.82) is 0 Å². The summed E-state index contributed by atoms with van der Waals surface area (Å²) in [7, 11) is 0. The topological polar surface area (TPSA) is 58.2 Å². The maximum Gasteiger partial charge on any atom is 0.251 e. The van der Waals surface area contributed by atoms with Gasteiger partial charge in [-0.05, 0) is 47.5 Å². The van der Waals surface area contributed by atoms with Gasteiger partial charge in [0.1, 0.15) is 0 Å². The molecule has 3 aromatic rings. The molecule has 2 N–H and O–H groups in total. The minimum Gasteiger partial charge on any atom is -0.348 e. The van der Waals surface area contributed by atoms with E-state index in [4.69, 9.17) is 46.4 Å². The van der Waals surface area contributed by atoms with Crippen molar-refractivity contribution in [3.63, 3.8) is 0 Å². The van der Waals surface area contributed by atoms with Gasteiger partial charge in [-0.15, -0.1) is 0 Å². The van der Waals surface area contributed by atoms with E-state index in [1.54, 1.807) is 24.3 Å². The van der Waals surface area contributed by atoms with Crippen LogP contribution in [-0.2, 0) is 13.1 Å². The first kappa shape index (κ1) is 22.4. The number of carbonyl (C=O) groups excluding carboxylic acids is 2. The van der Waals surface area contributed by atoms with E-state index in [0.717, 1.165) is 11.1 Å². The van der Waals surface area contributed by atoms with Gasteiger partial charge in [0.2, 0.25) is 0 Å². The molecule has 0 heterocycles. The summed E-state index contributed by atoms with van der Waals surface area (Å²) in [6.07, 6.45) is 0. The number of amides is 2. The van der Waals surface area contributed by atoms with Gasteiger partial charge >= 0.3 is 0 Å². The molecule has 0 unspecified atom stereocenters.